The van der Waals surface area contributed by atoms with Crippen LogP contribution in [0.5, 0.6) is 0 Å². The Morgan fingerprint density at radius 1 is 1.42 bits per heavy atom. The van der Waals surface area contributed by atoms with Crippen LogP contribution in [0.2, 0.25) is 0 Å². The van der Waals surface area contributed by atoms with Crippen LogP contribution in [0.3, 0.4) is 0 Å². The summed E-state index contributed by atoms with van der Waals surface area (Å²) in [6.07, 6.45) is 4.64. The molecule has 0 saturated heterocycles. The molecule has 1 fully saturated rings. The quantitative estimate of drug-likeness (QED) is 0.411. The number of aromatic nitrogens is 2. The highest BCUT2D eigenvalue weighted by Crippen LogP contribution is 2.28. The number of aryl methyl sites for hydroxylation is 2. The van der Waals surface area contributed by atoms with Crippen molar-refractivity contribution in [2.45, 2.75) is 52.5 Å². The van der Waals surface area contributed by atoms with Gasteiger partial charge in [0.25, 0.3) is 0 Å². The Morgan fingerprint density at radius 3 is 2.75 bits per heavy atom. The van der Waals surface area contributed by atoms with Gasteiger partial charge in [-0.15, -0.1) is 0 Å². The van der Waals surface area contributed by atoms with E-state index in [1.54, 1.807) is 0 Å². The molecular formula is C18H33N5O. The molecule has 6 nitrogen and oxygen atoms in total. The fourth-order valence-electron chi connectivity index (χ4n) is 2.81. The van der Waals surface area contributed by atoms with Gasteiger partial charge < -0.3 is 15.4 Å². The van der Waals surface area contributed by atoms with Crippen LogP contribution in [0.15, 0.2) is 4.99 Å². The molecule has 2 N–H and O–H groups in total. The molecule has 0 aromatic carbocycles. The van der Waals surface area contributed by atoms with Crippen molar-refractivity contribution in [3.8, 4) is 0 Å². The second kappa shape index (κ2) is 9.06. The molecule has 0 spiro atoms. The average molecular weight is 335 g/mol. The summed E-state index contributed by atoms with van der Waals surface area (Å²) in [5.74, 6) is 1.69. The Balaban J connectivity index is 1.67. The molecule has 1 aliphatic rings. The molecule has 1 aromatic heterocycles. The number of hydrogen-bond acceptors (Lipinski definition) is 3. The van der Waals surface area contributed by atoms with Crippen molar-refractivity contribution in [1.29, 1.82) is 0 Å². The van der Waals surface area contributed by atoms with Gasteiger partial charge in [0, 0.05) is 45.6 Å². The van der Waals surface area contributed by atoms with Gasteiger partial charge in [-0.05, 0) is 57.9 Å². The average Bonchev–Trinajstić information content (AvgIpc) is 3.34. The van der Waals surface area contributed by atoms with Crippen LogP contribution in [0, 0.1) is 19.8 Å². The van der Waals surface area contributed by atoms with Gasteiger partial charge in [-0.25, -0.2) is 0 Å². The number of ether oxygens (including phenoxy) is 1. The van der Waals surface area contributed by atoms with Gasteiger partial charge in [0.1, 0.15) is 0 Å². The molecule has 1 heterocycles. The van der Waals surface area contributed by atoms with Crippen molar-refractivity contribution in [2.75, 3.05) is 26.8 Å². The summed E-state index contributed by atoms with van der Waals surface area (Å²) < 4.78 is 7.60. The third-order valence-electron chi connectivity index (χ3n) is 4.58. The van der Waals surface area contributed by atoms with Crippen LogP contribution in [-0.4, -0.2) is 48.6 Å². The van der Waals surface area contributed by atoms with E-state index in [1.165, 1.54) is 24.1 Å². The van der Waals surface area contributed by atoms with E-state index < -0.39 is 0 Å². The molecule has 0 amide bonds. The SMILES string of the molecule is CN=C(NCCCOCC1CC1)NC(C)Cc1c(C)nn(C)c1C. The highest BCUT2D eigenvalue weighted by molar-refractivity contribution is 5.79. The Labute approximate surface area is 146 Å². The number of nitrogens with one attached hydrogen (secondary N) is 2. The highest BCUT2D eigenvalue weighted by Gasteiger charge is 2.20. The molecule has 1 aromatic rings. The molecule has 0 aliphatic heterocycles. The first-order valence-electron chi connectivity index (χ1n) is 9.05. The maximum atomic E-state index is 5.65. The normalized spacial score (nSPS) is 16.3. The molecule has 136 valence electrons. The lowest BCUT2D eigenvalue weighted by Gasteiger charge is -2.18. The third kappa shape index (κ3) is 5.82. The molecule has 0 radical (unpaired) electrons. The van der Waals surface area contributed by atoms with Crippen LogP contribution < -0.4 is 10.6 Å². The monoisotopic (exact) mass is 335 g/mol. The Bertz CT molecular complexity index is 548. The fourth-order valence-corrected chi connectivity index (χ4v) is 2.81. The van der Waals surface area contributed by atoms with Crippen LogP contribution in [0.4, 0.5) is 0 Å². The van der Waals surface area contributed by atoms with Crippen LogP contribution in [-0.2, 0) is 18.2 Å². The van der Waals surface area contributed by atoms with Crippen LogP contribution in [0.25, 0.3) is 0 Å². The summed E-state index contributed by atoms with van der Waals surface area (Å²) in [5, 5.41) is 11.3. The number of nitrogens with zero attached hydrogens (tertiary/aromatic N) is 3. The molecule has 1 saturated carbocycles. The minimum Gasteiger partial charge on any atom is -0.381 e. The first kappa shape index (κ1) is 18.8. The summed E-state index contributed by atoms with van der Waals surface area (Å²) in [5.41, 5.74) is 3.66. The van der Waals surface area contributed by atoms with Gasteiger partial charge in [0.15, 0.2) is 5.96 Å². The van der Waals surface area contributed by atoms with Gasteiger partial charge >= 0.3 is 0 Å². The predicted molar refractivity (Wildman–Crippen MR) is 98.5 cm³/mol. The van der Waals surface area contributed by atoms with E-state index in [0.717, 1.165) is 50.2 Å². The van der Waals surface area contributed by atoms with Crippen molar-refractivity contribution < 1.29 is 4.74 Å². The molecule has 6 heteroatoms. The van der Waals surface area contributed by atoms with Gasteiger partial charge in [-0.1, -0.05) is 0 Å². The second-order valence-electron chi connectivity index (χ2n) is 6.89. The third-order valence-corrected chi connectivity index (χ3v) is 4.58. The predicted octanol–water partition coefficient (Wildman–Crippen LogP) is 1.95. The molecule has 24 heavy (non-hydrogen) atoms. The van der Waals surface area contributed by atoms with Gasteiger partial charge in [-0.2, -0.15) is 5.10 Å². The van der Waals surface area contributed by atoms with E-state index in [4.69, 9.17) is 4.74 Å². The number of aliphatic imine (C=N–C) groups is 1. The second-order valence-corrected chi connectivity index (χ2v) is 6.89. The molecule has 1 aliphatic carbocycles. The molecule has 1 unspecified atom stereocenters. The van der Waals surface area contributed by atoms with Gasteiger partial charge in [0.2, 0.25) is 0 Å². The lowest BCUT2D eigenvalue weighted by atomic mass is 10.1. The van der Waals surface area contributed by atoms with E-state index in [9.17, 15) is 0 Å². The summed E-state index contributed by atoms with van der Waals surface area (Å²) in [4.78, 5) is 4.31. The summed E-state index contributed by atoms with van der Waals surface area (Å²) in [7, 11) is 3.81. The van der Waals surface area contributed by atoms with Crippen molar-refractivity contribution >= 4 is 5.96 Å². The standard InChI is InChI=1S/C18H33N5O/c1-13(11-17-14(2)22-23(5)15(17)3)21-18(19-4)20-9-6-10-24-12-16-7-8-16/h13,16H,6-12H2,1-5H3,(H2,19,20,21). The van der Waals surface area contributed by atoms with E-state index in [2.05, 4.69) is 41.5 Å². The van der Waals surface area contributed by atoms with Crippen LogP contribution >= 0.6 is 0 Å². The maximum absolute atomic E-state index is 5.65. The van der Waals surface area contributed by atoms with Gasteiger partial charge in [-0.3, -0.25) is 9.67 Å². The van der Waals surface area contributed by atoms with E-state index in [-0.39, 0.29) is 0 Å². The lowest BCUT2D eigenvalue weighted by Crippen LogP contribution is -2.43. The summed E-state index contributed by atoms with van der Waals surface area (Å²) >= 11 is 0. The zero-order valence-electron chi connectivity index (χ0n) is 15.9. The van der Waals surface area contributed by atoms with Crippen molar-refractivity contribution in [2.24, 2.45) is 18.0 Å². The van der Waals surface area contributed by atoms with E-state index in [0.29, 0.717) is 6.04 Å². The molecule has 1 atom stereocenters. The van der Waals surface area contributed by atoms with Gasteiger partial charge in [0.05, 0.1) is 5.69 Å². The number of rotatable bonds is 9. The fraction of sp³-hybridized carbons (Fsp3) is 0.778. The lowest BCUT2D eigenvalue weighted by molar-refractivity contribution is 0.123. The van der Waals surface area contributed by atoms with E-state index in [1.807, 2.05) is 18.8 Å². The first-order chi connectivity index (χ1) is 11.5. The van der Waals surface area contributed by atoms with Crippen molar-refractivity contribution in [3.05, 3.63) is 17.0 Å². The zero-order valence-corrected chi connectivity index (χ0v) is 15.9. The highest BCUT2D eigenvalue weighted by atomic mass is 16.5. The minimum atomic E-state index is 0.295. The summed E-state index contributed by atoms with van der Waals surface area (Å²) in [6.45, 7) is 9.01. The Kier molecular flexibility index (Phi) is 7.09. The van der Waals surface area contributed by atoms with E-state index >= 15 is 0 Å². The largest absolute Gasteiger partial charge is 0.381 e. The molecular weight excluding hydrogens is 302 g/mol. The van der Waals surface area contributed by atoms with Crippen molar-refractivity contribution in [1.82, 2.24) is 20.4 Å². The minimum absolute atomic E-state index is 0.295. The topological polar surface area (TPSA) is 63.5 Å². The number of hydrogen-bond donors (Lipinski definition) is 2. The first-order valence-corrected chi connectivity index (χ1v) is 9.05. The number of guanidine groups is 1. The summed E-state index contributed by atoms with van der Waals surface area (Å²) in [6, 6.07) is 0.295. The molecule has 0 bridgehead atoms. The Morgan fingerprint density at radius 2 is 2.17 bits per heavy atom. The molecule has 2 rings (SSSR count). The van der Waals surface area contributed by atoms with Crippen LogP contribution in [0.1, 0.15) is 43.1 Å². The maximum Gasteiger partial charge on any atom is 0.191 e. The zero-order chi connectivity index (χ0) is 17.5. The Hall–Kier alpha value is -1.56. The smallest absolute Gasteiger partial charge is 0.191 e. The van der Waals surface area contributed by atoms with Crippen molar-refractivity contribution in [3.63, 3.8) is 0 Å².